The lowest BCUT2D eigenvalue weighted by molar-refractivity contribution is -0.122. The van der Waals surface area contributed by atoms with Crippen LogP contribution >= 0.6 is 15.9 Å². The molecule has 0 aliphatic carbocycles. The van der Waals surface area contributed by atoms with Crippen LogP contribution in [-0.4, -0.2) is 17.8 Å². The van der Waals surface area contributed by atoms with Crippen LogP contribution in [0.3, 0.4) is 0 Å². The lowest BCUT2D eigenvalue weighted by atomic mass is 9.91. The number of benzene rings is 1. The molecular formula is C15H22BrNO2. The molecule has 0 fully saturated rings. The third kappa shape index (κ3) is 4.53. The number of rotatable bonds is 4. The molecule has 0 bridgehead atoms. The molecule has 0 saturated carbocycles. The van der Waals surface area contributed by atoms with E-state index >= 15 is 0 Å². The van der Waals surface area contributed by atoms with Crippen LogP contribution in [0.4, 0.5) is 0 Å². The molecule has 2 unspecified atom stereocenters. The summed E-state index contributed by atoms with van der Waals surface area (Å²) in [5.41, 5.74) is 0.951. The fourth-order valence-corrected chi connectivity index (χ4v) is 1.79. The Hall–Kier alpha value is -1.03. The number of nitrogens with one attached hydrogen (secondary N) is 1. The van der Waals surface area contributed by atoms with Crippen molar-refractivity contribution in [1.82, 2.24) is 5.32 Å². The van der Waals surface area contributed by atoms with Crippen LogP contribution in [0.25, 0.3) is 0 Å². The Morgan fingerprint density at radius 3 is 2.21 bits per heavy atom. The molecule has 1 N–H and O–H groups in total. The predicted molar refractivity (Wildman–Crippen MR) is 81.7 cm³/mol. The smallest absolute Gasteiger partial charge is 0.234 e. The SMILES string of the molecule is COc1ccc(C(C)NC(=O)C(Br)C(C)(C)C)cc1. The van der Waals surface area contributed by atoms with Gasteiger partial charge in [-0.3, -0.25) is 4.79 Å². The Morgan fingerprint density at radius 1 is 1.26 bits per heavy atom. The number of ether oxygens (including phenoxy) is 1. The standard InChI is InChI=1S/C15H22BrNO2/c1-10(11-6-8-12(19-5)9-7-11)17-14(18)13(16)15(2,3)4/h6-10,13H,1-5H3,(H,17,18). The first-order valence-corrected chi connectivity index (χ1v) is 7.25. The van der Waals surface area contributed by atoms with Crippen LogP contribution in [0.5, 0.6) is 5.75 Å². The second kappa shape index (κ2) is 6.42. The Bertz CT molecular complexity index is 423. The summed E-state index contributed by atoms with van der Waals surface area (Å²) in [5.74, 6) is 0.825. The summed E-state index contributed by atoms with van der Waals surface area (Å²) in [5, 5.41) is 3.01. The molecule has 1 rings (SSSR count). The van der Waals surface area contributed by atoms with Gasteiger partial charge in [0.15, 0.2) is 0 Å². The van der Waals surface area contributed by atoms with Gasteiger partial charge < -0.3 is 10.1 Å². The number of carbonyl (C=O) groups is 1. The molecule has 3 nitrogen and oxygen atoms in total. The summed E-state index contributed by atoms with van der Waals surface area (Å²) in [6.07, 6.45) is 0. The highest BCUT2D eigenvalue weighted by atomic mass is 79.9. The second-order valence-corrected chi connectivity index (χ2v) is 6.65. The zero-order valence-corrected chi connectivity index (χ0v) is 13.7. The summed E-state index contributed by atoms with van der Waals surface area (Å²) in [6, 6.07) is 7.69. The van der Waals surface area contributed by atoms with E-state index in [1.807, 2.05) is 52.0 Å². The monoisotopic (exact) mass is 327 g/mol. The van der Waals surface area contributed by atoms with Crippen LogP contribution in [0, 0.1) is 5.41 Å². The maximum atomic E-state index is 12.1. The van der Waals surface area contributed by atoms with Crippen molar-refractivity contribution in [3.05, 3.63) is 29.8 Å². The number of alkyl halides is 1. The van der Waals surface area contributed by atoms with Crippen molar-refractivity contribution in [1.29, 1.82) is 0 Å². The van der Waals surface area contributed by atoms with Crippen LogP contribution in [0.2, 0.25) is 0 Å². The van der Waals surface area contributed by atoms with Crippen molar-refractivity contribution in [2.75, 3.05) is 7.11 Å². The molecular weight excluding hydrogens is 306 g/mol. The van der Waals surface area contributed by atoms with Gasteiger partial charge in [-0.1, -0.05) is 48.8 Å². The molecule has 0 saturated heterocycles. The average Bonchev–Trinajstić information content (AvgIpc) is 2.36. The Morgan fingerprint density at radius 2 is 1.79 bits per heavy atom. The predicted octanol–water partition coefficient (Wildman–Crippen LogP) is 3.68. The minimum atomic E-state index is -0.208. The van der Waals surface area contributed by atoms with Crippen LogP contribution < -0.4 is 10.1 Å². The quantitative estimate of drug-likeness (QED) is 0.856. The van der Waals surface area contributed by atoms with Gasteiger partial charge >= 0.3 is 0 Å². The minimum absolute atomic E-state index is 0.0100. The van der Waals surface area contributed by atoms with Gasteiger partial charge in [0.2, 0.25) is 5.91 Å². The number of carbonyl (C=O) groups excluding carboxylic acids is 1. The van der Waals surface area contributed by atoms with Crippen molar-refractivity contribution in [3.8, 4) is 5.75 Å². The van der Waals surface area contributed by atoms with E-state index in [-0.39, 0.29) is 22.2 Å². The van der Waals surface area contributed by atoms with Gasteiger partial charge in [0.1, 0.15) is 5.75 Å². The average molecular weight is 328 g/mol. The van der Waals surface area contributed by atoms with E-state index in [9.17, 15) is 4.79 Å². The van der Waals surface area contributed by atoms with Crippen molar-refractivity contribution in [2.24, 2.45) is 5.41 Å². The van der Waals surface area contributed by atoms with E-state index < -0.39 is 0 Å². The Kier molecular flexibility index (Phi) is 5.41. The Balaban J connectivity index is 2.68. The zero-order valence-electron chi connectivity index (χ0n) is 12.2. The lowest BCUT2D eigenvalue weighted by Crippen LogP contribution is -2.39. The summed E-state index contributed by atoms with van der Waals surface area (Å²) >= 11 is 3.46. The molecule has 0 aliphatic rings. The van der Waals surface area contributed by atoms with Gasteiger partial charge in [0.05, 0.1) is 18.0 Å². The highest BCUT2D eigenvalue weighted by Crippen LogP contribution is 2.27. The lowest BCUT2D eigenvalue weighted by Gasteiger charge is -2.26. The van der Waals surface area contributed by atoms with E-state index in [1.165, 1.54) is 0 Å². The fourth-order valence-electron chi connectivity index (χ4n) is 1.66. The summed E-state index contributed by atoms with van der Waals surface area (Å²) in [7, 11) is 1.64. The van der Waals surface area contributed by atoms with Crippen molar-refractivity contribution in [2.45, 2.75) is 38.6 Å². The van der Waals surface area contributed by atoms with E-state index in [2.05, 4.69) is 21.2 Å². The van der Waals surface area contributed by atoms with Crippen LogP contribution in [0.1, 0.15) is 39.3 Å². The molecule has 1 aromatic carbocycles. The molecule has 1 aromatic rings. The number of hydrogen-bond acceptors (Lipinski definition) is 2. The first kappa shape index (κ1) is 16.0. The molecule has 2 atom stereocenters. The molecule has 0 spiro atoms. The molecule has 19 heavy (non-hydrogen) atoms. The highest BCUT2D eigenvalue weighted by molar-refractivity contribution is 9.10. The third-order valence-electron chi connectivity index (χ3n) is 2.97. The van der Waals surface area contributed by atoms with Gasteiger partial charge in [0, 0.05) is 0 Å². The maximum Gasteiger partial charge on any atom is 0.234 e. The van der Waals surface area contributed by atoms with Gasteiger partial charge in [-0.05, 0) is 30.0 Å². The van der Waals surface area contributed by atoms with E-state index in [4.69, 9.17) is 4.74 Å². The van der Waals surface area contributed by atoms with E-state index in [0.29, 0.717) is 0 Å². The van der Waals surface area contributed by atoms with Gasteiger partial charge in [-0.2, -0.15) is 0 Å². The van der Waals surface area contributed by atoms with Crippen molar-refractivity contribution < 1.29 is 9.53 Å². The maximum absolute atomic E-state index is 12.1. The number of hydrogen-bond donors (Lipinski definition) is 1. The first-order valence-electron chi connectivity index (χ1n) is 6.34. The van der Waals surface area contributed by atoms with Crippen molar-refractivity contribution in [3.63, 3.8) is 0 Å². The van der Waals surface area contributed by atoms with E-state index in [0.717, 1.165) is 11.3 Å². The molecule has 0 aliphatic heterocycles. The van der Waals surface area contributed by atoms with Gasteiger partial charge in [-0.25, -0.2) is 0 Å². The second-order valence-electron chi connectivity index (χ2n) is 5.73. The molecule has 0 aromatic heterocycles. The normalized spacial score (nSPS) is 14.6. The third-order valence-corrected chi connectivity index (χ3v) is 4.75. The fraction of sp³-hybridized carbons (Fsp3) is 0.533. The van der Waals surface area contributed by atoms with Crippen LogP contribution in [0.15, 0.2) is 24.3 Å². The molecule has 106 valence electrons. The molecule has 1 amide bonds. The summed E-state index contributed by atoms with van der Waals surface area (Å²) in [4.78, 5) is 11.9. The minimum Gasteiger partial charge on any atom is -0.497 e. The molecule has 0 radical (unpaired) electrons. The van der Waals surface area contributed by atoms with Crippen molar-refractivity contribution >= 4 is 21.8 Å². The topological polar surface area (TPSA) is 38.3 Å². The van der Waals surface area contributed by atoms with Crippen LogP contribution in [-0.2, 0) is 4.79 Å². The Labute approximate surface area is 123 Å². The number of methoxy groups -OCH3 is 1. The number of amides is 1. The van der Waals surface area contributed by atoms with E-state index in [1.54, 1.807) is 7.11 Å². The zero-order chi connectivity index (χ0) is 14.6. The number of halogens is 1. The molecule has 4 heteroatoms. The van der Waals surface area contributed by atoms with Gasteiger partial charge in [0.25, 0.3) is 0 Å². The van der Waals surface area contributed by atoms with Gasteiger partial charge in [-0.15, -0.1) is 0 Å². The summed E-state index contributed by atoms with van der Waals surface area (Å²) < 4.78 is 5.12. The first-order chi connectivity index (χ1) is 8.75. The molecule has 0 heterocycles. The highest BCUT2D eigenvalue weighted by Gasteiger charge is 2.29. The summed E-state index contributed by atoms with van der Waals surface area (Å²) in [6.45, 7) is 8.07. The largest absolute Gasteiger partial charge is 0.497 e.